The van der Waals surface area contributed by atoms with E-state index in [2.05, 4.69) is 4.74 Å². The fourth-order valence-corrected chi connectivity index (χ4v) is 2.72. The van der Waals surface area contributed by atoms with E-state index in [4.69, 9.17) is 4.74 Å². The lowest BCUT2D eigenvalue weighted by Gasteiger charge is -2.19. The molecule has 0 aromatic heterocycles. The Morgan fingerprint density at radius 1 is 1.27 bits per heavy atom. The van der Waals surface area contributed by atoms with Gasteiger partial charge < -0.3 is 19.7 Å². The zero-order valence-corrected chi connectivity index (χ0v) is 11.8. The van der Waals surface area contributed by atoms with Gasteiger partial charge in [-0.25, -0.2) is 4.79 Å². The molecule has 1 aliphatic carbocycles. The number of Topliss-reactive ketones (excluding diaryl/α,β-unsaturated/α-hetero) is 2. The summed E-state index contributed by atoms with van der Waals surface area (Å²) in [6.07, 6.45) is -0.102. The van der Waals surface area contributed by atoms with Gasteiger partial charge in [0.05, 0.1) is 23.8 Å². The predicted molar refractivity (Wildman–Crippen MR) is 72.0 cm³/mol. The highest BCUT2D eigenvalue weighted by Gasteiger charge is 2.43. The number of carbonyl (C=O) groups is 3. The minimum absolute atomic E-state index is 0.137. The van der Waals surface area contributed by atoms with E-state index in [0.29, 0.717) is 0 Å². The summed E-state index contributed by atoms with van der Waals surface area (Å²) in [5, 5.41) is 20.2. The van der Waals surface area contributed by atoms with Crippen LogP contribution in [-0.2, 0) is 9.47 Å². The van der Waals surface area contributed by atoms with Crippen LogP contribution in [-0.4, -0.2) is 41.0 Å². The molecule has 0 saturated carbocycles. The largest absolute Gasteiger partial charge is 0.507 e. The Labute approximate surface area is 124 Å². The standard InChI is InChI=1S/C15H12O7/c1-5-3-6-11(17)9-8(16)4-7(15(20)21-2)12(18)10(9)13(19)14(6)22-5/h4-5,16,18H,3H2,1-2H3. The second-order valence-electron chi connectivity index (χ2n) is 5.13. The van der Waals surface area contributed by atoms with Crippen LogP contribution >= 0.6 is 0 Å². The fourth-order valence-electron chi connectivity index (χ4n) is 2.72. The lowest BCUT2D eigenvalue weighted by Crippen LogP contribution is -2.21. The van der Waals surface area contributed by atoms with Crippen LogP contribution in [0.3, 0.4) is 0 Å². The summed E-state index contributed by atoms with van der Waals surface area (Å²) in [7, 11) is 1.09. The third kappa shape index (κ3) is 1.71. The van der Waals surface area contributed by atoms with Gasteiger partial charge in [0.2, 0.25) is 5.78 Å². The van der Waals surface area contributed by atoms with Crippen LogP contribution in [0.2, 0.25) is 0 Å². The first-order chi connectivity index (χ1) is 10.4. The molecule has 0 spiro atoms. The molecule has 2 N–H and O–H groups in total. The van der Waals surface area contributed by atoms with Crippen LogP contribution in [0.5, 0.6) is 11.5 Å². The van der Waals surface area contributed by atoms with E-state index in [0.717, 1.165) is 13.2 Å². The predicted octanol–water partition coefficient (Wildman–Crippen LogP) is 1.33. The quantitative estimate of drug-likeness (QED) is 0.594. The van der Waals surface area contributed by atoms with Crippen LogP contribution in [0.4, 0.5) is 0 Å². The minimum Gasteiger partial charge on any atom is -0.507 e. The number of aromatic hydroxyl groups is 2. The number of hydrogen-bond acceptors (Lipinski definition) is 7. The Hall–Kier alpha value is -2.83. The van der Waals surface area contributed by atoms with Crippen LogP contribution in [0, 0.1) is 0 Å². The molecule has 2 aliphatic rings. The third-order valence-electron chi connectivity index (χ3n) is 3.70. The molecule has 1 atom stereocenters. The van der Waals surface area contributed by atoms with Crippen molar-refractivity contribution in [3.05, 3.63) is 34.1 Å². The minimum atomic E-state index is -0.934. The molecule has 1 aromatic rings. The summed E-state index contributed by atoms with van der Waals surface area (Å²) >= 11 is 0. The van der Waals surface area contributed by atoms with Crippen LogP contribution in [0.15, 0.2) is 17.4 Å². The van der Waals surface area contributed by atoms with Crippen molar-refractivity contribution in [1.82, 2.24) is 0 Å². The summed E-state index contributed by atoms with van der Waals surface area (Å²) in [5.41, 5.74) is -0.967. The molecule has 1 unspecified atom stereocenters. The van der Waals surface area contributed by atoms with E-state index >= 15 is 0 Å². The Balaban J connectivity index is 2.27. The van der Waals surface area contributed by atoms with Gasteiger partial charge in [-0.05, 0) is 13.0 Å². The SMILES string of the molecule is COC(=O)c1cc(O)c2c(c1O)C(=O)C1=C(CC(C)O1)C2=O. The van der Waals surface area contributed by atoms with E-state index in [9.17, 15) is 24.6 Å². The van der Waals surface area contributed by atoms with Gasteiger partial charge in [-0.2, -0.15) is 0 Å². The summed E-state index contributed by atoms with van der Waals surface area (Å²) in [5.74, 6) is -3.64. The number of methoxy groups -OCH3 is 1. The maximum atomic E-state index is 12.5. The van der Waals surface area contributed by atoms with Crippen molar-refractivity contribution >= 4 is 17.5 Å². The van der Waals surface area contributed by atoms with E-state index in [1.807, 2.05) is 0 Å². The van der Waals surface area contributed by atoms with E-state index in [-0.39, 0.29) is 29.4 Å². The maximum Gasteiger partial charge on any atom is 0.341 e. The van der Waals surface area contributed by atoms with Gasteiger partial charge in [0.25, 0.3) is 0 Å². The number of allylic oxidation sites excluding steroid dienone is 1. The second-order valence-corrected chi connectivity index (χ2v) is 5.13. The molecular weight excluding hydrogens is 292 g/mol. The van der Waals surface area contributed by atoms with Gasteiger partial charge >= 0.3 is 5.97 Å². The molecule has 22 heavy (non-hydrogen) atoms. The monoisotopic (exact) mass is 304 g/mol. The molecule has 1 aliphatic heterocycles. The molecule has 0 amide bonds. The summed E-state index contributed by atoms with van der Waals surface area (Å²) < 4.78 is 9.81. The van der Waals surface area contributed by atoms with Crippen LogP contribution in [0.1, 0.15) is 44.4 Å². The molecule has 114 valence electrons. The zero-order valence-electron chi connectivity index (χ0n) is 11.8. The first-order valence-corrected chi connectivity index (χ1v) is 6.53. The first kappa shape index (κ1) is 14.1. The normalized spacial score (nSPS) is 19.6. The first-order valence-electron chi connectivity index (χ1n) is 6.53. The zero-order chi connectivity index (χ0) is 16.2. The molecule has 0 radical (unpaired) electrons. The number of esters is 1. The van der Waals surface area contributed by atoms with E-state index in [1.54, 1.807) is 6.92 Å². The molecule has 1 heterocycles. The Bertz CT molecular complexity index is 773. The Kier molecular flexibility index (Phi) is 2.94. The van der Waals surface area contributed by atoms with Gasteiger partial charge in [0, 0.05) is 6.42 Å². The number of fused-ring (bicyclic) bond motifs is 1. The number of ether oxygens (including phenoxy) is 2. The molecule has 7 heteroatoms. The number of benzene rings is 1. The highest BCUT2D eigenvalue weighted by atomic mass is 16.5. The number of carbonyl (C=O) groups excluding carboxylic acids is 3. The van der Waals surface area contributed by atoms with Crippen molar-refractivity contribution < 1.29 is 34.1 Å². The molecule has 3 rings (SSSR count). The van der Waals surface area contributed by atoms with Crippen molar-refractivity contribution in [1.29, 1.82) is 0 Å². The Morgan fingerprint density at radius 2 is 1.95 bits per heavy atom. The van der Waals surface area contributed by atoms with Crippen LogP contribution in [0.25, 0.3) is 0 Å². The molecule has 0 saturated heterocycles. The fraction of sp³-hybridized carbons (Fsp3) is 0.267. The van der Waals surface area contributed by atoms with E-state index in [1.165, 1.54) is 0 Å². The summed E-state index contributed by atoms with van der Waals surface area (Å²) in [6, 6.07) is 0.913. The smallest absolute Gasteiger partial charge is 0.341 e. The average Bonchev–Trinajstić information content (AvgIpc) is 2.88. The molecule has 1 aromatic carbocycles. The molecule has 0 fully saturated rings. The van der Waals surface area contributed by atoms with Gasteiger partial charge in [-0.3, -0.25) is 9.59 Å². The Morgan fingerprint density at radius 3 is 2.59 bits per heavy atom. The highest BCUT2D eigenvalue weighted by molar-refractivity contribution is 6.29. The van der Waals surface area contributed by atoms with Crippen molar-refractivity contribution in [2.24, 2.45) is 0 Å². The highest BCUT2D eigenvalue weighted by Crippen LogP contribution is 2.43. The maximum absolute atomic E-state index is 12.5. The number of hydrogen-bond donors (Lipinski definition) is 2. The third-order valence-corrected chi connectivity index (χ3v) is 3.70. The van der Waals surface area contributed by atoms with Gasteiger partial charge in [0.15, 0.2) is 11.5 Å². The topological polar surface area (TPSA) is 110 Å². The summed E-state index contributed by atoms with van der Waals surface area (Å²) in [6.45, 7) is 1.70. The molecule has 7 nitrogen and oxygen atoms in total. The molecular formula is C15H12O7. The van der Waals surface area contributed by atoms with Crippen molar-refractivity contribution in [3.63, 3.8) is 0 Å². The lowest BCUT2D eigenvalue weighted by atomic mass is 9.85. The van der Waals surface area contributed by atoms with Crippen molar-refractivity contribution in [2.45, 2.75) is 19.4 Å². The number of ketones is 2. The van der Waals surface area contributed by atoms with Gasteiger partial charge in [-0.1, -0.05) is 0 Å². The van der Waals surface area contributed by atoms with Gasteiger partial charge in [0.1, 0.15) is 23.2 Å². The van der Waals surface area contributed by atoms with Crippen LogP contribution < -0.4 is 0 Å². The number of rotatable bonds is 1. The van der Waals surface area contributed by atoms with Gasteiger partial charge in [-0.15, -0.1) is 0 Å². The second kappa shape index (κ2) is 4.59. The van der Waals surface area contributed by atoms with E-state index < -0.39 is 40.2 Å². The van der Waals surface area contributed by atoms with Crippen molar-refractivity contribution in [2.75, 3.05) is 7.11 Å². The lowest BCUT2D eigenvalue weighted by molar-refractivity contribution is 0.0596. The average molecular weight is 304 g/mol. The van der Waals surface area contributed by atoms with Crippen molar-refractivity contribution in [3.8, 4) is 11.5 Å². The molecule has 0 bridgehead atoms. The number of phenols is 2. The number of phenolic OH excluding ortho intramolecular Hbond substituents is 2. The summed E-state index contributed by atoms with van der Waals surface area (Å²) in [4.78, 5) is 36.5.